The maximum Gasteiger partial charge on any atom is 0.125 e. The number of thiazole rings is 1. The summed E-state index contributed by atoms with van der Waals surface area (Å²) in [6.07, 6.45) is 5.34. The third kappa shape index (κ3) is 2.25. The first-order valence-corrected chi connectivity index (χ1v) is 5.57. The Morgan fingerprint density at radius 3 is 3.00 bits per heavy atom. The lowest BCUT2D eigenvalue weighted by Gasteiger charge is -1.93. The maximum atomic E-state index is 4.73. The third-order valence-electron chi connectivity index (χ3n) is 2.00. The molecule has 0 atom stereocenters. The molecule has 5 heteroatoms. The van der Waals surface area contributed by atoms with Crippen LogP contribution in [0.4, 0.5) is 0 Å². The van der Waals surface area contributed by atoms with Gasteiger partial charge in [0.25, 0.3) is 0 Å². The molecule has 0 aliphatic carbocycles. The van der Waals surface area contributed by atoms with Crippen LogP contribution < -0.4 is 0 Å². The van der Waals surface area contributed by atoms with Crippen molar-refractivity contribution < 1.29 is 4.84 Å². The Morgan fingerprint density at radius 1 is 1.44 bits per heavy atom. The van der Waals surface area contributed by atoms with Gasteiger partial charge in [-0.1, -0.05) is 5.16 Å². The Labute approximate surface area is 97.6 Å². The highest BCUT2D eigenvalue weighted by Crippen LogP contribution is 2.24. The predicted octanol–water partition coefficient (Wildman–Crippen LogP) is 2.58. The second-order valence-corrected chi connectivity index (χ2v) is 4.16. The summed E-state index contributed by atoms with van der Waals surface area (Å²) in [5, 5.41) is 4.81. The van der Waals surface area contributed by atoms with Crippen LogP contribution in [0.3, 0.4) is 0 Å². The van der Waals surface area contributed by atoms with Crippen molar-refractivity contribution in [2.75, 3.05) is 7.11 Å². The van der Waals surface area contributed by atoms with E-state index in [1.165, 1.54) is 7.11 Å². The molecule has 0 aromatic carbocycles. The van der Waals surface area contributed by atoms with Crippen molar-refractivity contribution in [1.82, 2.24) is 9.97 Å². The minimum Gasteiger partial charge on any atom is -0.399 e. The summed E-state index contributed by atoms with van der Waals surface area (Å²) in [5.41, 5.74) is 1.85. The van der Waals surface area contributed by atoms with Gasteiger partial charge in [0.2, 0.25) is 0 Å². The fourth-order valence-corrected chi connectivity index (χ4v) is 2.09. The van der Waals surface area contributed by atoms with Crippen molar-refractivity contribution >= 4 is 17.0 Å². The van der Waals surface area contributed by atoms with Crippen LogP contribution in [0.25, 0.3) is 10.6 Å². The zero-order chi connectivity index (χ0) is 11.4. The molecule has 2 aromatic heterocycles. The van der Waals surface area contributed by atoms with Gasteiger partial charge >= 0.3 is 0 Å². The number of oxime groups is 1. The van der Waals surface area contributed by atoms with Crippen LogP contribution in [0.15, 0.2) is 35.9 Å². The molecule has 0 N–H and O–H groups in total. The van der Waals surface area contributed by atoms with Crippen LogP contribution in [-0.4, -0.2) is 22.8 Å². The van der Waals surface area contributed by atoms with Crippen LogP contribution in [0.5, 0.6) is 0 Å². The molecule has 0 amide bonds. The van der Waals surface area contributed by atoms with Crippen molar-refractivity contribution in [2.45, 2.75) is 6.92 Å². The van der Waals surface area contributed by atoms with Gasteiger partial charge in [0.15, 0.2) is 0 Å². The Balaban J connectivity index is 2.30. The molecule has 0 bridgehead atoms. The smallest absolute Gasteiger partial charge is 0.125 e. The molecule has 0 aliphatic rings. The summed E-state index contributed by atoms with van der Waals surface area (Å²) in [6.45, 7) is 1.89. The Morgan fingerprint density at radius 2 is 2.31 bits per heavy atom. The molecule has 2 heterocycles. The standard InChI is InChI=1S/C11H11N3OS/c1-8(14-15-2)10-7-13-11(16-10)9-4-3-5-12-6-9/h3-7H,1-2H3/b14-8+. The Hall–Kier alpha value is -1.75. The molecule has 0 saturated heterocycles. The summed E-state index contributed by atoms with van der Waals surface area (Å²) in [5.74, 6) is 0. The van der Waals surface area contributed by atoms with Crippen molar-refractivity contribution in [3.63, 3.8) is 0 Å². The lowest BCUT2D eigenvalue weighted by molar-refractivity contribution is 0.213. The zero-order valence-electron chi connectivity index (χ0n) is 9.04. The maximum absolute atomic E-state index is 4.73. The summed E-state index contributed by atoms with van der Waals surface area (Å²) in [6, 6.07) is 3.88. The quantitative estimate of drug-likeness (QED) is 0.604. The summed E-state index contributed by atoms with van der Waals surface area (Å²) < 4.78 is 0. The first kappa shape index (κ1) is 10.8. The Bertz CT molecular complexity index is 493. The minimum absolute atomic E-state index is 0.829. The Kier molecular flexibility index (Phi) is 3.26. The summed E-state index contributed by atoms with van der Waals surface area (Å²) in [7, 11) is 1.53. The van der Waals surface area contributed by atoms with Crippen molar-refractivity contribution in [1.29, 1.82) is 0 Å². The van der Waals surface area contributed by atoms with Crippen LogP contribution in [-0.2, 0) is 4.84 Å². The molecule has 0 aliphatic heterocycles. The molecule has 16 heavy (non-hydrogen) atoms. The molecular formula is C11H11N3OS. The van der Waals surface area contributed by atoms with Gasteiger partial charge in [0.05, 0.1) is 10.6 Å². The molecule has 0 fully saturated rings. The van der Waals surface area contributed by atoms with E-state index in [1.54, 1.807) is 29.9 Å². The number of nitrogens with zero attached hydrogens (tertiary/aromatic N) is 3. The van der Waals surface area contributed by atoms with Crippen molar-refractivity contribution in [2.24, 2.45) is 5.16 Å². The zero-order valence-corrected chi connectivity index (χ0v) is 9.86. The number of aromatic nitrogens is 2. The fourth-order valence-electron chi connectivity index (χ4n) is 1.25. The van der Waals surface area contributed by atoms with Gasteiger partial charge in [-0.3, -0.25) is 4.98 Å². The highest BCUT2D eigenvalue weighted by atomic mass is 32.1. The number of hydrogen-bond acceptors (Lipinski definition) is 5. The van der Waals surface area contributed by atoms with E-state index in [2.05, 4.69) is 15.1 Å². The van der Waals surface area contributed by atoms with Crippen molar-refractivity contribution in [3.8, 4) is 10.6 Å². The first-order valence-electron chi connectivity index (χ1n) is 4.75. The second-order valence-electron chi connectivity index (χ2n) is 3.13. The SMILES string of the molecule is CO/N=C(\C)c1cnc(-c2cccnc2)s1. The van der Waals surface area contributed by atoms with Gasteiger partial charge < -0.3 is 4.84 Å². The molecule has 2 rings (SSSR count). The fraction of sp³-hybridized carbons (Fsp3) is 0.182. The monoisotopic (exact) mass is 233 g/mol. The van der Waals surface area contributed by atoms with Gasteiger partial charge in [0, 0.05) is 24.2 Å². The van der Waals surface area contributed by atoms with Gasteiger partial charge in [-0.15, -0.1) is 11.3 Å². The molecule has 2 aromatic rings. The number of hydrogen-bond donors (Lipinski definition) is 0. The van der Waals surface area contributed by atoms with Gasteiger partial charge in [-0.05, 0) is 19.1 Å². The topological polar surface area (TPSA) is 47.4 Å². The molecule has 0 saturated carbocycles. The molecule has 0 unspecified atom stereocenters. The minimum atomic E-state index is 0.829. The third-order valence-corrected chi connectivity index (χ3v) is 3.15. The van der Waals surface area contributed by atoms with E-state index in [4.69, 9.17) is 4.84 Å². The van der Waals surface area contributed by atoms with E-state index in [0.29, 0.717) is 0 Å². The molecule has 4 nitrogen and oxygen atoms in total. The van der Waals surface area contributed by atoms with E-state index >= 15 is 0 Å². The second kappa shape index (κ2) is 4.85. The average Bonchev–Trinajstić information content (AvgIpc) is 2.80. The lowest BCUT2D eigenvalue weighted by atomic mass is 10.3. The first-order chi connectivity index (χ1) is 7.81. The normalized spacial score (nSPS) is 11.5. The molecule has 0 radical (unpaired) electrons. The number of pyridine rings is 1. The largest absolute Gasteiger partial charge is 0.399 e. The van der Waals surface area contributed by atoms with Crippen LogP contribution >= 0.6 is 11.3 Å². The van der Waals surface area contributed by atoms with Crippen LogP contribution in [0.1, 0.15) is 11.8 Å². The molecular weight excluding hydrogens is 222 g/mol. The summed E-state index contributed by atoms with van der Waals surface area (Å²) in [4.78, 5) is 14.1. The molecule has 82 valence electrons. The predicted molar refractivity (Wildman–Crippen MR) is 64.6 cm³/mol. The van der Waals surface area contributed by atoms with Crippen LogP contribution in [0, 0.1) is 0 Å². The van der Waals surface area contributed by atoms with E-state index < -0.39 is 0 Å². The average molecular weight is 233 g/mol. The van der Waals surface area contributed by atoms with E-state index in [0.717, 1.165) is 21.2 Å². The van der Waals surface area contributed by atoms with E-state index in [-0.39, 0.29) is 0 Å². The van der Waals surface area contributed by atoms with Crippen LogP contribution in [0.2, 0.25) is 0 Å². The van der Waals surface area contributed by atoms with Crippen molar-refractivity contribution in [3.05, 3.63) is 35.6 Å². The highest BCUT2D eigenvalue weighted by Gasteiger charge is 2.06. The van der Waals surface area contributed by atoms with Gasteiger partial charge in [-0.2, -0.15) is 0 Å². The summed E-state index contributed by atoms with van der Waals surface area (Å²) >= 11 is 1.57. The molecule has 0 spiro atoms. The van der Waals surface area contributed by atoms with E-state index in [9.17, 15) is 0 Å². The van der Waals surface area contributed by atoms with E-state index in [1.807, 2.05) is 19.1 Å². The highest BCUT2D eigenvalue weighted by molar-refractivity contribution is 7.17. The van der Waals surface area contributed by atoms with Gasteiger partial charge in [0.1, 0.15) is 12.1 Å². The van der Waals surface area contributed by atoms with Gasteiger partial charge in [-0.25, -0.2) is 4.98 Å². The number of rotatable bonds is 3. The lowest BCUT2D eigenvalue weighted by Crippen LogP contribution is -1.90.